The molecule has 19 heavy (non-hydrogen) atoms. The van der Waals surface area contributed by atoms with Crippen LogP contribution in [0, 0.1) is 18.3 Å². The van der Waals surface area contributed by atoms with Gasteiger partial charge in [-0.25, -0.2) is 0 Å². The predicted molar refractivity (Wildman–Crippen MR) is 76.1 cm³/mol. The van der Waals surface area contributed by atoms with Crippen molar-refractivity contribution >= 4 is 17.3 Å². The van der Waals surface area contributed by atoms with Crippen molar-refractivity contribution in [2.24, 2.45) is 0 Å². The van der Waals surface area contributed by atoms with Crippen molar-refractivity contribution in [1.82, 2.24) is 0 Å². The molecule has 0 saturated heterocycles. The number of hydrogen-bond acceptors (Lipinski definition) is 3. The maximum absolute atomic E-state index is 8.81. The maximum atomic E-state index is 8.81. The highest BCUT2D eigenvalue weighted by Gasteiger charge is 2.04. The van der Waals surface area contributed by atoms with Crippen LogP contribution in [-0.4, -0.2) is 0 Å². The fraction of sp³-hybridized carbons (Fsp3) is 0.133. The molecule has 0 saturated carbocycles. The van der Waals surface area contributed by atoms with Crippen LogP contribution in [0.5, 0.6) is 5.75 Å². The first kappa shape index (κ1) is 13.3. The number of anilines is 1. The van der Waals surface area contributed by atoms with E-state index >= 15 is 0 Å². The van der Waals surface area contributed by atoms with Gasteiger partial charge in [-0.1, -0.05) is 17.7 Å². The zero-order valence-corrected chi connectivity index (χ0v) is 11.2. The molecule has 0 heterocycles. The topological polar surface area (TPSA) is 59.0 Å². The Kier molecular flexibility index (Phi) is 3.94. The van der Waals surface area contributed by atoms with Gasteiger partial charge in [0.15, 0.2) is 0 Å². The molecule has 0 aliphatic heterocycles. The molecular weight excluding hydrogens is 260 g/mol. The summed E-state index contributed by atoms with van der Waals surface area (Å²) in [4.78, 5) is 0. The smallest absolute Gasteiger partial charge is 0.142 e. The van der Waals surface area contributed by atoms with Crippen molar-refractivity contribution in [2.45, 2.75) is 13.5 Å². The summed E-state index contributed by atoms with van der Waals surface area (Å²) in [5.41, 5.74) is 9.02. The first-order chi connectivity index (χ1) is 9.10. The summed E-state index contributed by atoms with van der Waals surface area (Å²) in [7, 11) is 0. The van der Waals surface area contributed by atoms with Crippen LogP contribution in [0.15, 0.2) is 36.4 Å². The second-order valence-electron chi connectivity index (χ2n) is 4.22. The van der Waals surface area contributed by atoms with Gasteiger partial charge in [0.2, 0.25) is 0 Å². The molecule has 2 aromatic rings. The molecule has 0 aliphatic carbocycles. The number of halogens is 1. The van der Waals surface area contributed by atoms with Gasteiger partial charge in [0.1, 0.15) is 12.4 Å². The van der Waals surface area contributed by atoms with Crippen LogP contribution in [0.25, 0.3) is 0 Å². The van der Waals surface area contributed by atoms with Gasteiger partial charge in [-0.3, -0.25) is 0 Å². The second kappa shape index (κ2) is 5.64. The minimum Gasteiger partial charge on any atom is -0.487 e. The van der Waals surface area contributed by atoms with E-state index in [1.165, 1.54) is 0 Å². The highest BCUT2D eigenvalue weighted by molar-refractivity contribution is 6.30. The Morgan fingerprint density at radius 2 is 2.05 bits per heavy atom. The molecule has 0 unspecified atom stereocenters. The van der Waals surface area contributed by atoms with Crippen LogP contribution in [0.1, 0.15) is 16.7 Å². The number of hydrogen-bond donors (Lipinski definition) is 1. The number of rotatable bonds is 3. The molecule has 2 N–H and O–H groups in total. The van der Waals surface area contributed by atoms with Gasteiger partial charge < -0.3 is 10.5 Å². The molecular formula is C15H13ClN2O. The zero-order chi connectivity index (χ0) is 13.8. The largest absolute Gasteiger partial charge is 0.487 e. The Bertz CT molecular complexity index is 647. The first-order valence-corrected chi connectivity index (χ1v) is 6.15. The first-order valence-electron chi connectivity index (χ1n) is 5.77. The van der Waals surface area contributed by atoms with Gasteiger partial charge in [-0.05, 0) is 48.4 Å². The molecule has 0 aromatic heterocycles. The average Bonchev–Trinajstić information content (AvgIpc) is 2.39. The fourth-order valence-corrected chi connectivity index (χ4v) is 1.91. The number of nitrogen functional groups attached to an aromatic ring is 1. The summed E-state index contributed by atoms with van der Waals surface area (Å²) in [6.45, 7) is 2.36. The molecule has 0 atom stereocenters. The molecule has 2 aromatic carbocycles. The van der Waals surface area contributed by atoms with E-state index in [0.29, 0.717) is 28.6 Å². The summed E-state index contributed by atoms with van der Waals surface area (Å²) >= 11 is 5.83. The van der Waals surface area contributed by atoms with E-state index in [9.17, 15) is 0 Å². The number of nitrogens with zero attached hydrogens (tertiary/aromatic N) is 1. The predicted octanol–water partition coefficient (Wildman–Crippen LogP) is 3.68. The Morgan fingerprint density at radius 1 is 1.26 bits per heavy atom. The van der Waals surface area contributed by atoms with Gasteiger partial charge in [0.25, 0.3) is 0 Å². The summed E-state index contributed by atoms with van der Waals surface area (Å²) in [5, 5.41) is 9.40. The molecule has 4 heteroatoms. The monoisotopic (exact) mass is 272 g/mol. The lowest BCUT2D eigenvalue weighted by atomic mass is 10.1. The van der Waals surface area contributed by atoms with E-state index in [2.05, 4.69) is 6.07 Å². The lowest BCUT2D eigenvalue weighted by Crippen LogP contribution is -2.00. The highest BCUT2D eigenvalue weighted by atomic mass is 35.5. The number of ether oxygens (including phenoxy) is 1. The van der Waals surface area contributed by atoms with Gasteiger partial charge in [0.05, 0.1) is 17.3 Å². The minimum atomic E-state index is 0.406. The van der Waals surface area contributed by atoms with Gasteiger partial charge in [0, 0.05) is 5.02 Å². The number of nitriles is 1. The highest BCUT2D eigenvalue weighted by Crippen LogP contribution is 2.26. The normalized spacial score (nSPS) is 9.95. The summed E-state index contributed by atoms with van der Waals surface area (Å²) in [6.07, 6.45) is 0. The quantitative estimate of drug-likeness (QED) is 0.867. The maximum Gasteiger partial charge on any atom is 0.142 e. The number of benzene rings is 2. The van der Waals surface area contributed by atoms with Gasteiger partial charge >= 0.3 is 0 Å². The van der Waals surface area contributed by atoms with E-state index in [4.69, 9.17) is 27.3 Å². The van der Waals surface area contributed by atoms with Crippen LogP contribution in [0.4, 0.5) is 5.69 Å². The Morgan fingerprint density at radius 3 is 2.68 bits per heavy atom. The SMILES string of the molecule is Cc1cc(C#N)ccc1COc1ccc(Cl)cc1N. The summed E-state index contributed by atoms with van der Waals surface area (Å²) in [5.74, 6) is 0.605. The van der Waals surface area contributed by atoms with Crippen LogP contribution in [0.2, 0.25) is 5.02 Å². The third-order valence-electron chi connectivity index (χ3n) is 2.83. The zero-order valence-electron chi connectivity index (χ0n) is 10.5. The lowest BCUT2D eigenvalue weighted by Gasteiger charge is -2.11. The molecule has 3 nitrogen and oxygen atoms in total. The average molecular weight is 273 g/mol. The van der Waals surface area contributed by atoms with E-state index in [0.717, 1.165) is 11.1 Å². The lowest BCUT2D eigenvalue weighted by molar-refractivity contribution is 0.307. The Labute approximate surface area is 117 Å². The Balaban J connectivity index is 2.13. The van der Waals surface area contributed by atoms with Crippen molar-refractivity contribution in [3.8, 4) is 11.8 Å². The van der Waals surface area contributed by atoms with Crippen molar-refractivity contribution < 1.29 is 4.74 Å². The molecule has 0 amide bonds. The molecule has 0 bridgehead atoms. The van der Waals surface area contributed by atoms with E-state index in [-0.39, 0.29) is 0 Å². The summed E-state index contributed by atoms with van der Waals surface area (Å²) < 4.78 is 5.67. The van der Waals surface area contributed by atoms with Crippen molar-refractivity contribution in [1.29, 1.82) is 5.26 Å². The minimum absolute atomic E-state index is 0.406. The van der Waals surface area contributed by atoms with Gasteiger partial charge in [-0.15, -0.1) is 0 Å². The molecule has 0 spiro atoms. The second-order valence-corrected chi connectivity index (χ2v) is 4.66. The molecule has 2 rings (SSSR count). The van der Waals surface area contributed by atoms with Crippen molar-refractivity contribution in [3.05, 3.63) is 58.1 Å². The van der Waals surface area contributed by atoms with Crippen LogP contribution in [-0.2, 0) is 6.61 Å². The standard InChI is InChI=1S/C15H13ClN2O/c1-10-6-11(8-17)2-3-12(10)9-19-15-5-4-13(16)7-14(15)18/h2-7H,9,18H2,1H3. The third kappa shape index (κ3) is 3.18. The number of aryl methyl sites for hydroxylation is 1. The van der Waals surface area contributed by atoms with E-state index < -0.39 is 0 Å². The Hall–Kier alpha value is -2.18. The van der Waals surface area contributed by atoms with Crippen LogP contribution in [0.3, 0.4) is 0 Å². The van der Waals surface area contributed by atoms with E-state index in [1.54, 1.807) is 24.3 Å². The van der Waals surface area contributed by atoms with Crippen LogP contribution >= 0.6 is 11.6 Å². The fourth-order valence-electron chi connectivity index (χ4n) is 1.73. The van der Waals surface area contributed by atoms with E-state index in [1.807, 2.05) is 19.1 Å². The third-order valence-corrected chi connectivity index (χ3v) is 3.06. The number of nitrogens with two attached hydrogens (primary N) is 1. The molecule has 96 valence electrons. The van der Waals surface area contributed by atoms with Crippen LogP contribution < -0.4 is 10.5 Å². The summed E-state index contributed by atoms with van der Waals surface area (Å²) in [6, 6.07) is 12.7. The molecule has 0 aliphatic rings. The van der Waals surface area contributed by atoms with Crippen molar-refractivity contribution in [3.63, 3.8) is 0 Å². The molecule has 0 fully saturated rings. The van der Waals surface area contributed by atoms with Crippen molar-refractivity contribution in [2.75, 3.05) is 5.73 Å². The van der Waals surface area contributed by atoms with Gasteiger partial charge in [-0.2, -0.15) is 5.26 Å². The molecule has 0 radical (unpaired) electrons.